The zero-order valence-electron chi connectivity index (χ0n) is 23.0. The molecule has 3 aromatic rings. The van der Waals surface area contributed by atoms with Crippen molar-refractivity contribution in [2.75, 3.05) is 53.6 Å². The number of ether oxygens (including phenoxy) is 3. The summed E-state index contributed by atoms with van der Waals surface area (Å²) in [5, 5.41) is 3.69. The van der Waals surface area contributed by atoms with Gasteiger partial charge in [-0.15, -0.1) is 0 Å². The zero-order valence-corrected chi connectivity index (χ0v) is 23.7. The van der Waals surface area contributed by atoms with E-state index in [1.165, 1.54) is 0 Å². The summed E-state index contributed by atoms with van der Waals surface area (Å²) in [5.41, 5.74) is 2.36. The van der Waals surface area contributed by atoms with Gasteiger partial charge in [0.25, 0.3) is 0 Å². The van der Waals surface area contributed by atoms with Crippen molar-refractivity contribution in [1.82, 2.24) is 15.1 Å². The predicted octanol–water partition coefficient (Wildman–Crippen LogP) is 4.12. The van der Waals surface area contributed by atoms with Gasteiger partial charge in [-0.2, -0.15) is 0 Å². The molecule has 1 N–H and O–H groups in total. The van der Waals surface area contributed by atoms with Crippen molar-refractivity contribution in [3.63, 3.8) is 0 Å². The molecule has 1 aliphatic rings. The van der Waals surface area contributed by atoms with Crippen molar-refractivity contribution in [1.29, 1.82) is 0 Å². The molecule has 0 aromatic heterocycles. The van der Waals surface area contributed by atoms with Crippen molar-refractivity contribution < 1.29 is 23.8 Å². The molecule has 1 saturated heterocycles. The highest BCUT2D eigenvalue weighted by molar-refractivity contribution is 6.30. The number of nitrogens with one attached hydrogen (secondary N) is 1. The van der Waals surface area contributed by atoms with Crippen LogP contribution in [0.1, 0.15) is 22.7 Å². The number of amides is 2. The summed E-state index contributed by atoms with van der Waals surface area (Å²) in [6.07, 6.45) is 0.0817. The van der Waals surface area contributed by atoms with E-state index in [0.717, 1.165) is 29.8 Å². The normalized spacial score (nSPS) is 14.3. The zero-order chi connectivity index (χ0) is 28.3. The van der Waals surface area contributed by atoms with Crippen molar-refractivity contribution in [2.45, 2.75) is 19.0 Å². The second-order valence-electron chi connectivity index (χ2n) is 9.57. The molecule has 40 heavy (non-hydrogen) atoms. The fourth-order valence-electron chi connectivity index (χ4n) is 4.74. The van der Waals surface area contributed by atoms with Crippen LogP contribution in [0.2, 0.25) is 5.02 Å². The largest absolute Gasteiger partial charge is 0.493 e. The van der Waals surface area contributed by atoms with Gasteiger partial charge in [-0.25, -0.2) is 0 Å². The third-order valence-electron chi connectivity index (χ3n) is 6.90. The number of hydrogen-bond acceptors (Lipinski definition) is 6. The van der Waals surface area contributed by atoms with Crippen LogP contribution >= 0.6 is 11.6 Å². The SMILES string of the molecule is COc1ccc(CC(=O)N(Cc2ccc(Cl)cc2)[C@H](C(=O)NCCN2CCOCC2)c2ccccc2)cc1OC. The van der Waals surface area contributed by atoms with Gasteiger partial charge in [0, 0.05) is 37.7 Å². The number of morpholine rings is 1. The van der Waals surface area contributed by atoms with E-state index in [0.29, 0.717) is 42.8 Å². The number of carbonyl (C=O) groups excluding carboxylic acids is 2. The minimum atomic E-state index is -0.825. The van der Waals surface area contributed by atoms with Crippen LogP contribution in [0, 0.1) is 0 Å². The Morgan fingerprint density at radius 2 is 1.62 bits per heavy atom. The number of nitrogens with zero attached hydrogens (tertiary/aromatic N) is 2. The molecule has 1 atom stereocenters. The second kappa shape index (κ2) is 14.7. The highest BCUT2D eigenvalue weighted by Gasteiger charge is 2.31. The molecule has 3 aromatic carbocycles. The lowest BCUT2D eigenvalue weighted by molar-refractivity contribution is -0.141. The smallest absolute Gasteiger partial charge is 0.247 e. The molecule has 1 aliphatic heterocycles. The molecule has 212 valence electrons. The number of benzene rings is 3. The minimum Gasteiger partial charge on any atom is -0.493 e. The Hall–Kier alpha value is -3.59. The van der Waals surface area contributed by atoms with Gasteiger partial charge in [0.2, 0.25) is 11.8 Å². The molecule has 0 unspecified atom stereocenters. The van der Waals surface area contributed by atoms with Crippen molar-refractivity contribution >= 4 is 23.4 Å². The molecule has 1 fully saturated rings. The van der Waals surface area contributed by atoms with Crippen LogP contribution in [-0.2, 0) is 27.3 Å². The van der Waals surface area contributed by atoms with E-state index in [-0.39, 0.29) is 24.8 Å². The summed E-state index contributed by atoms with van der Waals surface area (Å²) < 4.78 is 16.2. The van der Waals surface area contributed by atoms with E-state index in [1.54, 1.807) is 43.4 Å². The second-order valence-corrected chi connectivity index (χ2v) is 10.0. The first kappa shape index (κ1) is 29.4. The summed E-state index contributed by atoms with van der Waals surface area (Å²) in [5.74, 6) is 0.699. The number of halogens is 1. The number of hydrogen-bond donors (Lipinski definition) is 1. The maximum absolute atomic E-state index is 14.0. The molecule has 9 heteroatoms. The molecule has 2 amide bonds. The molecule has 0 aliphatic carbocycles. The Labute approximate surface area is 240 Å². The average Bonchev–Trinajstić information content (AvgIpc) is 2.99. The van der Waals surface area contributed by atoms with E-state index in [9.17, 15) is 9.59 Å². The van der Waals surface area contributed by atoms with Gasteiger partial charge in [0.05, 0.1) is 33.9 Å². The van der Waals surface area contributed by atoms with Crippen molar-refractivity contribution in [3.05, 3.63) is 94.5 Å². The molecule has 4 rings (SSSR count). The van der Waals surface area contributed by atoms with Crippen LogP contribution in [0.3, 0.4) is 0 Å². The van der Waals surface area contributed by atoms with E-state index in [1.807, 2.05) is 48.5 Å². The van der Waals surface area contributed by atoms with Gasteiger partial charge in [-0.05, 0) is 41.0 Å². The molecule has 0 radical (unpaired) electrons. The van der Waals surface area contributed by atoms with Gasteiger partial charge in [-0.3, -0.25) is 14.5 Å². The number of carbonyl (C=O) groups is 2. The standard InChI is InChI=1S/C31H36ClN3O5/c1-38-27-13-10-24(20-28(27)39-2)21-29(36)35(22-23-8-11-26(32)12-9-23)30(25-6-4-3-5-7-25)31(37)33-14-15-34-16-18-40-19-17-34/h3-13,20,30H,14-19,21-22H2,1-2H3,(H,33,37)/t30-/m0/s1. The number of rotatable bonds is 12. The Bertz CT molecular complexity index is 1250. The lowest BCUT2D eigenvalue weighted by atomic mass is 10.0. The van der Waals surface area contributed by atoms with E-state index >= 15 is 0 Å². The first-order chi connectivity index (χ1) is 19.5. The fraction of sp³-hybridized carbons (Fsp3) is 0.355. The van der Waals surface area contributed by atoms with Gasteiger partial charge < -0.3 is 24.4 Å². The van der Waals surface area contributed by atoms with Gasteiger partial charge in [0.1, 0.15) is 6.04 Å². The highest BCUT2D eigenvalue weighted by atomic mass is 35.5. The Balaban J connectivity index is 1.61. The first-order valence-electron chi connectivity index (χ1n) is 13.4. The summed E-state index contributed by atoms with van der Waals surface area (Å²) in [7, 11) is 3.13. The predicted molar refractivity (Wildman–Crippen MR) is 155 cm³/mol. The maximum atomic E-state index is 14.0. The van der Waals surface area contributed by atoms with Crippen molar-refractivity contribution in [2.24, 2.45) is 0 Å². The summed E-state index contributed by atoms with van der Waals surface area (Å²) >= 11 is 6.12. The highest BCUT2D eigenvalue weighted by Crippen LogP contribution is 2.29. The molecule has 8 nitrogen and oxygen atoms in total. The maximum Gasteiger partial charge on any atom is 0.247 e. The molecule has 0 spiro atoms. The first-order valence-corrected chi connectivity index (χ1v) is 13.7. The lowest BCUT2D eigenvalue weighted by Crippen LogP contribution is -2.46. The Morgan fingerprint density at radius 1 is 0.950 bits per heavy atom. The topological polar surface area (TPSA) is 80.3 Å². The molecule has 0 saturated carbocycles. The third kappa shape index (κ3) is 7.97. The Kier molecular flexibility index (Phi) is 10.8. The van der Waals surface area contributed by atoms with E-state index < -0.39 is 6.04 Å². The van der Waals surface area contributed by atoms with E-state index in [4.69, 9.17) is 25.8 Å². The Morgan fingerprint density at radius 3 is 2.30 bits per heavy atom. The summed E-state index contributed by atoms with van der Waals surface area (Å²) in [6.45, 7) is 4.49. The minimum absolute atomic E-state index is 0.0817. The van der Waals surface area contributed by atoms with Crippen LogP contribution in [0.25, 0.3) is 0 Å². The van der Waals surface area contributed by atoms with Crippen LogP contribution in [0.5, 0.6) is 11.5 Å². The number of methoxy groups -OCH3 is 2. The van der Waals surface area contributed by atoms with Gasteiger partial charge >= 0.3 is 0 Å². The van der Waals surface area contributed by atoms with Crippen LogP contribution in [0.4, 0.5) is 0 Å². The van der Waals surface area contributed by atoms with Gasteiger partial charge in [-0.1, -0.05) is 60.1 Å². The summed E-state index contributed by atoms with van der Waals surface area (Å²) in [6, 6.07) is 21.3. The monoisotopic (exact) mass is 565 g/mol. The molecular weight excluding hydrogens is 530 g/mol. The average molecular weight is 566 g/mol. The quantitative estimate of drug-likeness (QED) is 0.356. The molecule has 1 heterocycles. The molecular formula is C31H36ClN3O5. The van der Waals surface area contributed by atoms with Crippen LogP contribution in [-0.4, -0.2) is 75.2 Å². The van der Waals surface area contributed by atoms with Crippen LogP contribution in [0.15, 0.2) is 72.8 Å². The summed E-state index contributed by atoms with van der Waals surface area (Å²) in [4.78, 5) is 31.7. The van der Waals surface area contributed by atoms with E-state index in [2.05, 4.69) is 10.2 Å². The van der Waals surface area contributed by atoms with Crippen LogP contribution < -0.4 is 14.8 Å². The van der Waals surface area contributed by atoms with Gasteiger partial charge in [0.15, 0.2) is 11.5 Å². The fourth-order valence-corrected chi connectivity index (χ4v) is 4.87. The third-order valence-corrected chi connectivity index (χ3v) is 7.15. The van der Waals surface area contributed by atoms with Crippen molar-refractivity contribution in [3.8, 4) is 11.5 Å². The molecule has 0 bridgehead atoms. The lowest BCUT2D eigenvalue weighted by Gasteiger charge is -2.32.